The Hall–Kier alpha value is -2.68. The van der Waals surface area contributed by atoms with Crippen LogP contribution in [0.2, 0.25) is 0 Å². The molecule has 0 amide bonds. The minimum absolute atomic E-state index is 0.158. The highest BCUT2D eigenvalue weighted by Crippen LogP contribution is 2.30. The standard InChI is InChI=1S/C16H12F3NO2/c17-16(18,19)13-5-7-14(8-6-13)21-9-10-22-15-4-2-1-3-12(15)11-20/h1-8H,9-10H2. The molecule has 3 nitrogen and oxygen atoms in total. The lowest BCUT2D eigenvalue weighted by atomic mass is 10.2. The van der Waals surface area contributed by atoms with Gasteiger partial charge in [-0.1, -0.05) is 12.1 Å². The zero-order chi connectivity index (χ0) is 16.0. The van der Waals surface area contributed by atoms with Gasteiger partial charge in [0.2, 0.25) is 0 Å². The number of halogens is 3. The van der Waals surface area contributed by atoms with E-state index < -0.39 is 11.7 Å². The van der Waals surface area contributed by atoms with Gasteiger partial charge in [-0.3, -0.25) is 0 Å². The highest BCUT2D eigenvalue weighted by Gasteiger charge is 2.29. The number of hydrogen-bond donors (Lipinski definition) is 0. The lowest BCUT2D eigenvalue weighted by molar-refractivity contribution is -0.137. The number of nitrogens with zero attached hydrogens (tertiary/aromatic N) is 1. The Morgan fingerprint density at radius 3 is 2.18 bits per heavy atom. The molecular weight excluding hydrogens is 295 g/mol. The Bertz CT molecular complexity index is 660. The van der Waals surface area contributed by atoms with Crippen molar-refractivity contribution in [2.24, 2.45) is 0 Å². The molecule has 22 heavy (non-hydrogen) atoms. The number of hydrogen-bond acceptors (Lipinski definition) is 3. The van der Waals surface area contributed by atoms with Crippen LogP contribution in [-0.4, -0.2) is 13.2 Å². The molecule has 0 bridgehead atoms. The highest BCUT2D eigenvalue weighted by molar-refractivity contribution is 5.42. The van der Waals surface area contributed by atoms with Crippen molar-refractivity contribution in [1.82, 2.24) is 0 Å². The van der Waals surface area contributed by atoms with Gasteiger partial charge in [0.25, 0.3) is 0 Å². The Morgan fingerprint density at radius 1 is 0.909 bits per heavy atom. The predicted octanol–water partition coefficient (Wildman–Crippen LogP) is 4.03. The molecule has 0 atom stereocenters. The molecule has 6 heteroatoms. The molecule has 0 aliphatic heterocycles. The van der Waals surface area contributed by atoms with Crippen molar-refractivity contribution in [3.63, 3.8) is 0 Å². The van der Waals surface area contributed by atoms with Crippen LogP contribution in [0.25, 0.3) is 0 Å². The van der Waals surface area contributed by atoms with Crippen molar-refractivity contribution in [3.8, 4) is 17.6 Å². The van der Waals surface area contributed by atoms with Gasteiger partial charge in [-0.05, 0) is 36.4 Å². The maximum absolute atomic E-state index is 12.4. The topological polar surface area (TPSA) is 42.2 Å². The molecule has 2 aromatic rings. The molecule has 0 N–H and O–H groups in total. The molecular formula is C16H12F3NO2. The second kappa shape index (κ2) is 6.85. The highest BCUT2D eigenvalue weighted by atomic mass is 19.4. The van der Waals surface area contributed by atoms with E-state index >= 15 is 0 Å². The van der Waals surface area contributed by atoms with Crippen LogP contribution in [0, 0.1) is 11.3 Å². The SMILES string of the molecule is N#Cc1ccccc1OCCOc1ccc(C(F)(F)F)cc1. The molecule has 0 saturated carbocycles. The first-order chi connectivity index (χ1) is 10.5. The van der Waals surface area contributed by atoms with Crippen molar-refractivity contribution in [1.29, 1.82) is 5.26 Å². The van der Waals surface area contributed by atoms with Crippen LogP contribution in [0.3, 0.4) is 0 Å². The van der Waals surface area contributed by atoms with Crippen molar-refractivity contribution in [2.45, 2.75) is 6.18 Å². The maximum Gasteiger partial charge on any atom is 0.416 e. The number of alkyl halides is 3. The van der Waals surface area contributed by atoms with Gasteiger partial charge in [0, 0.05) is 0 Å². The van der Waals surface area contributed by atoms with Crippen molar-refractivity contribution in [3.05, 3.63) is 59.7 Å². The third-order valence-electron chi connectivity index (χ3n) is 2.80. The molecule has 2 rings (SSSR count). The zero-order valence-corrected chi connectivity index (χ0v) is 11.4. The molecule has 0 aromatic heterocycles. The predicted molar refractivity (Wildman–Crippen MR) is 73.6 cm³/mol. The number of benzene rings is 2. The molecule has 0 aliphatic rings. The van der Waals surface area contributed by atoms with Crippen molar-refractivity contribution in [2.75, 3.05) is 13.2 Å². The third kappa shape index (κ3) is 4.16. The van der Waals surface area contributed by atoms with Gasteiger partial charge < -0.3 is 9.47 Å². The first-order valence-electron chi connectivity index (χ1n) is 6.42. The van der Waals surface area contributed by atoms with E-state index in [1.807, 2.05) is 6.07 Å². The van der Waals surface area contributed by atoms with E-state index in [0.717, 1.165) is 12.1 Å². The molecule has 0 saturated heterocycles. The summed E-state index contributed by atoms with van der Waals surface area (Å²) in [6.07, 6.45) is -4.36. The van der Waals surface area contributed by atoms with Crippen LogP contribution in [0.15, 0.2) is 48.5 Å². The zero-order valence-electron chi connectivity index (χ0n) is 11.4. The van der Waals surface area contributed by atoms with Gasteiger partial charge in [0.15, 0.2) is 0 Å². The van der Waals surface area contributed by atoms with Gasteiger partial charge in [0.05, 0.1) is 11.1 Å². The molecule has 0 spiro atoms. The van der Waals surface area contributed by atoms with Crippen molar-refractivity contribution >= 4 is 0 Å². The summed E-state index contributed by atoms with van der Waals surface area (Å²) >= 11 is 0. The normalized spacial score (nSPS) is 10.8. The second-order valence-electron chi connectivity index (χ2n) is 4.33. The summed E-state index contributed by atoms with van der Waals surface area (Å²) in [7, 11) is 0. The average Bonchev–Trinajstić information content (AvgIpc) is 2.51. The molecule has 0 fully saturated rings. The summed E-state index contributed by atoms with van der Waals surface area (Å²) in [6, 6.07) is 13.2. The fourth-order valence-electron chi connectivity index (χ4n) is 1.74. The Kier molecular flexibility index (Phi) is 4.89. The van der Waals surface area contributed by atoms with E-state index in [1.165, 1.54) is 12.1 Å². The second-order valence-corrected chi connectivity index (χ2v) is 4.33. The van der Waals surface area contributed by atoms with Gasteiger partial charge in [-0.2, -0.15) is 18.4 Å². The Balaban J connectivity index is 1.83. The largest absolute Gasteiger partial charge is 0.490 e. The summed E-state index contributed by atoms with van der Waals surface area (Å²) in [5.41, 5.74) is -0.309. The fourth-order valence-corrected chi connectivity index (χ4v) is 1.74. The van der Waals surface area contributed by atoms with Crippen LogP contribution < -0.4 is 9.47 Å². The van der Waals surface area contributed by atoms with Crippen LogP contribution in [0.4, 0.5) is 13.2 Å². The monoisotopic (exact) mass is 307 g/mol. The quantitative estimate of drug-likeness (QED) is 0.783. The van der Waals surface area contributed by atoms with Gasteiger partial charge >= 0.3 is 6.18 Å². The molecule has 0 aliphatic carbocycles. The fraction of sp³-hybridized carbons (Fsp3) is 0.188. The van der Waals surface area contributed by atoms with Gasteiger partial charge in [-0.15, -0.1) is 0 Å². The van der Waals surface area contributed by atoms with Crippen LogP contribution in [-0.2, 0) is 6.18 Å². The number of rotatable bonds is 5. The number of para-hydroxylation sites is 1. The molecule has 0 radical (unpaired) electrons. The van der Waals surface area contributed by atoms with Crippen molar-refractivity contribution < 1.29 is 22.6 Å². The maximum atomic E-state index is 12.4. The van der Waals surface area contributed by atoms with Gasteiger partial charge in [0.1, 0.15) is 30.8 Å². The number of ether oxygens (including phenoxy) is 2. The van der Waals surface area contributed by atoms with Gasteiger partial charge in [-0.25, -0.2) is 0 Å². The molecule has 2 aromatic carbocycles. The average molecular weight is 307 g/mol. The van der Waals surface area contributed by atoms with E-state index in [9.17, 15) is 13.2 Å². The smallest absolute Gasteiger partial charge is 0.416 e. The van der Waals surface area contributed by atoms with E-state index in [4.69, 9.17) is 14.7 Å². The Morgan fingerprint density at radius 2 is 1.55 bits per heavy atom. The van der Waals surface area contributed by atoms with Crippen LogP contribution >= 0.6 is 0 Å². The van der Waals surface area contributed by atoms with E-state index in [-0.39, 0.29) is 13.2 Å². The first kappa shape index (κ1) is 15.7. The van der Waals surface area contributed by atoms with E-state index in [1.54, 1.807) is 24.3 Å². The van der Waals surface area contributed by atoms with E-state index in [2.05, 4.69) is 0 Å². The van der Waals surface area contributed by atoms with Crippen LogP contribution in [0.1, 0.15) is 11.1 Å². The van der Waals surface area contributed by atoms with Crippen LogP contribution in [0.5, 0.6) is 11.5 Å². The summed E-state index contributed by atoms with van der Waals surface area (Å²) in [6.45, 7) is 0.338. The molecule has 114 valence electrons. The third-order valence-corrected chi connectivity index (χ3v) is 2.80. The molecule has 0 unspecified atom stereocenters. The summed E-state index contributed by atoms with van der Waals surface area (Å²) in [4.78, 5) is 0. The number of nitriles is 1. The first-order valence-corrected chi connectivity index (χ1v) is 6.42. The summed E-state index contributed by atoms with van der Waals surface area (Å²) in [5.74, 6) is 0.770. The lowest BCUT2D eigenvalue weighted by Gasteiger charge is -2.10. The minimum Gasteiger partial charge on any atom is -0.490 e. The summed E-state index contributed by atoms with van der Waals surface area (Å²) in [5, 5.41) is 8.89. The van der Waals surface area contributed by atoms with E-state index in [0.29, 0.717) is 17.1 Å². The lowest BCUT2D eigenvalue weighted by Crippen LogP contribution is -2.10. The Labute approximate surface area is 125 Å². The summed E-state index contributed by atoms with van der Waals surface area (Å²) < 4.78 is 47.9. The minimum atomic E-state index is -4.36. The molecule has 0 heterocycles.